The molecule has 0 aliphatic heterocycles. The van der Waals surface area contributed by atoms with Gasteiger partial charge in [-0.25, -0.2) is 14.5 Å². The molecule has 8 heteroatoms. The molecule has 0 saturated heterocycles. The quantitative estimate of drug-likeness (QED) is 0.469. The minimum absolute atomic E-state index is 0.355. The summed E-state index contributed by atoms with van der Waals surface area (Å²) in [7, 11) is 0. The third kappa shape index (κ3) is 3.72. The molecule has 0 aliphatic rings. The van der Waals surface area contributed by atoms with Gasteiger partial charge in [-0.3, -0.25) is 4.98 Å². The molecule has 3 aromatic heterocycles. The zero-order chi connectivity index (χ0) is 21.3. The second-order valence-electron chi connectivity index (χ2n) is 7.08. The Balaban J connectivity index is 1.84. The molecular formula is C22H22N6O2. The highest BCUT2D eigenvalue weighted by molar-refractivity contribution is 5.88. The van der Waals surface area contributed by atoms with Crippen molar-refractivity contribution < 1.29 is 9.90 Å². The fourth-order valence-corrected chi connectivity index (χ4v) is 3.46. The number of pyridine rings is 2. The number of nitrogens with zero attached hydrogens (tertiary/aromatic N) is 4. The van der Waals surface area contributed by atoms with Gasteiger partial charge in [0.25, 0.3) is 0 Å². The molecule has 8 nitrogen and oxygen atoms in total. The van der Waals surface area contributed by atoms with Gasteiger partial charge in [0, 0.05) is 23.2 Å². The molecule has 4 rings (SSSR count). The number of amides is 1. The number of fused-ring (bicyclic) bond motifs is 1. The Morgan fingerprint density at radius 3 is 2.73 bits per heavy atom. The van der Waals surface area contributed by atoms with E-state index < -0.39 is 12.1 Å². The van der Waals surface area contributed by atoms with Crippen molar-refractivity contribution in [1.29, 1.82) is 0 Å². The number of hydrogen-bond donors (Lipinski definition) is 3. The van der Waals surface area contributed by atoms with Crippen molar-refractivity contribution in [2.75, 3.05) is 0 Å². The summed E-state index contributed by atoms with van der Waals surface area (Å²) in [5.74, 6) is 0.728. The molecule has 152 valence electrons. The number of aromatic nitrogens is 4. The van der Waals surface area contributed by atoms with Crippen molar-refractivity contribution in [3.63, 3.8) is 0 Å². The van der Waals surface area contributed by atoms with E-state index in [4.69, 9.17) is 10.8 Å². The van der Waals surface area contributed by atoms with Gasteiger partial charge in [0.1, 0.15) is 0 Å². The van der Waals surface area contributed by atoms with Gasteiger partial charge in [0.2, 0.25) is 0 Å². The number of nitrogens with one attached hydrogen (secondary N) is 1. The predicted molar refractivity (Wildman–Crippen MR) is 114 cm³/mol. The summed E-state index contributed by atoms with van der Waals surface area (Å²) in [5.41, 5.74) is 11.0. The normalized spacial score (nSPS) is 12.1. The summed E-state index contributed by atoms with van der Waals surface area (Å²) in [6.07, 6.45) is 0.713. The first-order valence-corrected chi connectivity index (χ1v) is 9.58. The van der Waals surface area contributed by atoms with Crippen LogP contribution in [0, 0.1) is 6.92 Å². The molecule has 4 aromatic rings. The Morgan fingerprint density at radius 2 is 2.00 bits per heavy atom. The molecule has 1 atom stereocenters. The predicted octanol–water partition coefficient (Wildman–Crippen LogP) is 3.58. The average molecular weight is 402 g/mol. The van der Waals surface area contributed by atoms with Gasteiger partial charge >= 0.3 is 6.09 Å². The summed E-state index contributed by atoms with van der Waals surface area (Å²) < 4.78 is 1.80. The van der Waals surface area contributed by atoms with Crippen LogP contribution < -0.4 is 11.1 Å². The van der Waals surface area contributed by atoms with E-state index in [1.807, 2.05) is 49.4 Å². The van der Waals surface area contributed by atoms with Crippen molar-refractivity contribution in [1.82, 2.24) is 25.1 Å². The Labute approximate surface area is 173 Å². The monoisotopic (exact) mass is 402 g/mol. The topological polar surface area (TPSA) is 119 Å². The van der Waals surface area contributed by atoms with Crippen molar-refractivity contribution >= 4 is 17.0 Å². The molecule has 1 amide bonds. The van der Waals surface area contributed by atoms with Crippen LogP contribution in [-0.2, 0) is 6.54 Å². The lowest BCUT2D eigenvalue weighted by molar-refractivity contribution is 0.190. The van der Waals surface area contributed by atoms with Crippen LogP contribution in [0.4, 0.5) is 4.79 Å². The van der Waals surface area contributed by atoms with Crippen LogP contribution in [0.15, 0.2) is 54.7 Å². The van der Waals surface area contributed by atoms with E-state index in [9.17, 15) is 4.79 Å². The van der Waals surface area contributed by atoms with Gasteiger partial charge in [-0.1, -0.05) is 12.1 Å². The zero-order valence-electron chi connectivity index (χ0n) is 16.7. The van der Waals surface area contributed by atoms with Crippen molar-refractivity contribution in [2.24, 2.45) is 5.73 Å². The summed E-state index contributed by atoms with van der Waals surface area (Å²) in [4.78, 5) is 20.2. The van der Waals surface area contributed by atoms with E-state index in [-0.39, 0.29) is 0 Å². The second kappa shape index (κ2) is 7.92. The Hall–Kier alpha value is -3.78. The highest BCUT2D eigenvalue weighted by atomic mass is 16.4. The van der Waals surface area contributed by atoms with Crippen LogP contribution in [0.3, 0.4) is 0 Å². The summed E-state index contributed by atoms with van der Waals surface area (Å²) in [5, 5.41) is 16.9. The van der Waals surface area contributed by atoms with E-state index in [0.717, 1.165) is 39.2 Å². The molecule has 0 spiro atoms. The highest BCUT2D eigenvalue weighted by Gasteiger charge is 2.15. The van der Waals surface area contributed by atoms with Gasteiger partial charge in [0.05, 0.1) is 29.1 Å². The Kier molecular flexibility index (Phi) is 5.16. The van der Waals surface area contributed by atoms with E-state index >= 15 is 0 Å². The number of benzene rings is 1. The third-order valence-corrected chi connectivity index (χ3v) is 4.93. The maximum Gasteiger partial charge on any atom is 0.405 e. The SMILES string of the molecule is Cc1cccc(-n2ncc3c(CN)cc(-c4cccc(C(C)NC(=O)O)n4)cc32)n1. The molecule has 0 radical (unpaired) electrons. The first kappa shape index (κ1) is 19.5. The first-order chi connectivity index (χ1) is 14.5. The minimum Gasteiger partial charge on any atom is -0.465 e. The molecule has 0 saturated carbocycles. The smallest absolute Gasteiger partial charge is 0.405 e. The van der Waals surface area contributed by atoms with Gasteiger partial charge in [-0.05, 0) is 55.8 Å². The van der Waals surface area contributed by atoms with Crippen LogP contribution in [0.2, 0.25) is 0 Å². The van der Waals surface area contributed by atoms with Gasteiger partial charge in [-0.2, -0.15) is 5.10 Å². The van der Waals surface area contributed by atoms with Gasteiger partial charge < -0.3 is 16.2 Å². The Bertz CT molecular complexity index is 1230. The number of rotatable bonds is 5. The van der Waals surface area contributed by atoms with E-state index in [1.165, 1.54) is 0 Å². The van der Waals surface area contributed by atoms with Crippen molar-refractivity contribution in [2.45, 2.75) is 26.4 Å². The van der Waals surface area contributed by atoms with Gasteiger partial charge in [0.15, 0.2) is 5.82 Å². The van der Waals surface area contributed by atoms with Gasteiger partial charge in [-0.15, -0.1) is 0 Å². The first-order valence-electron chi connectivity index (χ1n) is 9.58. The Morgan fingerprint density at radius 1 is 1.20 bits per heavy atom. The highest BCUT2D eigenvalue weighted by Crippen LogP contribution is 2.29. The standard InChI is InChI=1S/C22H22N6O2/c1-13-5-3-8-21(25-13)28-20-10-15(9-16(11-23)17(20)12-24-28)19-7-4-6-18(27-19)14(2)26-22(29)30/h3-10,12,14,26H,11,23H2,1-2H3,(H,29,30). The molecule has 0 fully saturated rings. The molecular weight excluding hydrogens is 380 g/mol. The second-order valence-corrected chi connectivity index (χ2v) is 7.08. The molecule has 1 unspecified atom stereocenters. The largest absolute Gasteiger partial charge is 0.465 e. The molecule has 0 bridgehead atoms. The van der Waals surface area contributed by atoms with E-state index in [0.29, 0.717) is 12.2 Å². The van der Waals surface area contributed by atoms with Crippen LogP contribution in [0.5, 0.6) is 0 Å². The average Bonchev–Trinajstić information content (AvgIpc) is 3.17. The van der Waals surface area contributed by atoms with Crippen LogP contribution in [0.25, 0.3) is 28.0 Å². The number of hydrogen-bond acceptors (Lipinski definition) is 5. The number of carbonyl (C=O) groups is 1. The number of aryl methyl sites for hydroxylation is 1. The van der Waals surface area contributed by atoms with Crippen LogP contribution in [-0.4, -0.2) is 30.9 Å². The lowest BCUT2D eigenvalue weighted by Gasteiger charge is -2.13. The fourth-order valence-electron chi connectivity index (χ4n) is 3.46. The zero-order valence-corrected chi connectivity index (χ0v) is 16.7. The fraction of sp³-hybridized carbons (Fsp3) is 0.182. The van der Waals surface area contributed by atoms with Crippen LogP contribution >= 0.6 is 0 Å². The van der Waals surface area contributed by atoms with E-state index in [2.05, 4.69) is 20.4 Å². The summed E-state index contributed by atoms with van der Waals surface area (Å²) in [6, 6.07) is 14.9. The molecule has 4 N–H and O–H groups in total. The molecule has 1 aromatic carbocycles. The molecule has 30 heavy (non-hydrogen) atoms. The molecule has 3 heterocycles. The number of carboxylic acid groups (broad SMARTS) is 1. The van der Waals surface area contributed by atoms with Crippen molar-refractivity contribution in [3.8, 4) is 17.1 Å². The molecule has 0 aliphatic carbocycles. The van der Waals surface area contributed by atoms with Crippen molar-refractivity contribution in [3.05, 3.63) is 71.7 Å². The lowest BCUT2D eigenvalue weighted by atomic mass is 10.0. The third-order valence-electron chi connectivity index (χ3n) is 4.93. The minimum atomic E-state index is -1.09. The number of nitrogens with two attached hydrogens (primary N) is 1. The van der Waals surface area contributed by atoms with E-state index in [1.54, 1.807) is 23.9 Å². The summed E-state index contributed by atoms with van der Waals surface area (Å²) >= 11 is 0. The van der Waals surface area contributed by atoms with Crippen LogP contribution in [0.1, 0.15) is 29.9 Å². The summed E-state index contributed by atoms with van der Waals surface area (Å²) in [6.45, 7) is 4.05. The maximum atomic E-state index is 11.0. The lowest BCUT2D eigenvalue weighted by Crippen LogP contribution is -2.25. The maximum absolute atomic E-state index is 11.0.